The number of carboxylic acid groups (broad SMARTS) is 1. The van der Waals surface area contributed by atoms with E-state index < -0.39 is 5.97 Å². The molecule has 2 rings (SSSR count). The average molecular weight is 245 g/mol. The molecule has 5 heteroatoms. The van der Waals surface area contributed by atoms with Crippen LogP contribution in [0.25, 0.3) is 0 Å². The van der Waals surface area contributed by atoms with Crippen LogP contribution in [-0.2, 0) is 13.5 Å². The topological polar surface area (TPSA) is 67.2 Å². The van der Waals surface area contributed by atoms with E-state index in [1.807, 2.05) is 23.9 Å². The number of hydrogen-bond acceptors (Lipinski definition) is 3. The van der Waals surface area contributed by atoms with Crippen molar-refractivity contribution in [2.75, 3.05) is 11.9 Å². The summed E-state index contributed by atoms with van der Waals surface area (Å²) in [6.45, 7) is 0.670. The fourth-order valence-corrected chi connectivity index (χ4v) is 1.80. The molecule has 0 aliphatic rings. The number of carboxylic acids is 1. The van der Waals surface area contributed by atoms with Gasteiger partial charge in [-0.1, -0.05) is 12.1 Å². The largest absolute Gasteiger partial charge is 0.478 e. The van der Waals surface area contributed by atoms with Crippen molar-refractivity contribution >= 4 is 11.7 Å². The molecule has 0 aliphatic heterocycles. The molecule has 0 aliphatic carbocycles. The van der Waals surface area contributed by atoms with Crippen LogP contribution in [0.2, 0.25) is 0 Å². The Balaban J connectivity index is 1.99. The molecule has 2 aromatic rings. The molecule has 0 spiro atoms. The van der Waals surface area contributed by atoms with Crippen LogP contribution < -0.4 is 5.32 Å². The number of aromatic carboxylic acids is 1. The Hall–Kier alpha value is -2.30. The van der Waals surface area contributed by atoms with E-state index in [4.69, 9.17) is 5.11 Å². The van der Waals surface area contributed by atoms with Gasteiger partial charge >= 0.3 is 5.97 Å². The summed E-state index contributed by atoms with van der Waals surface area (Å²) < 4.78 is 1.81. The van der Waals surface area contributed by atoms with Gasteiger partial charge in [0, 0.05) is 37.6 Å². The molecule has 94 valence electrons. The zero-order valence-corrected chi connectivity index (χ0v) is 10.1. The van der Waals surface area contributed by atoms with E-state index in [1.165, 1.54) is 0 Å². The predicted molar refractivity (Wildman–Crippen MR) is 68.8 cm³/mol. The molecule has 0 saturated heterocycles. The molecule has 1 aromatic heterocycles. The highest BCUT2D eigenvalue weighted by atomic mass is 16.4. The number of aryl methyl sites for hydroxylation is 1. The molecule has 18 heavy (non-hydrogen) atoms. The van der Waals surface area contributed by atoms with Gasteiger partial charge < -0.3 is 10.4 Å². The van der Waals surface area contributed by atoms with Crippen molar-refractivity contribution in [3.63, 3.8) is 0 Å². The van der Waals surface area contributed by atoms with Gasteiger partial charge in [0.05, 0.1) is 5.56 Å². The summed E-state index contributed by atoms with van der Waals surface area (Å²) in [5, 5.41) is 16.3. The average Bonchev–Trinajstić information content (AvgIpc) is 2.76. The van der Waals surface area contributed by atoms with E-state index in [0.29, 0.717) is 17.8 Å². The molecular weight excluding hydrogens is 230 g/mol. The van der Waals surface area contributed by atoms with Gasteiger partial charge in [-0.2, -0.15) is 5.10 Å². The molecule has 2 N–H and O–H groups in total. The second-order valence-electron chi connectivity index (χ2n) is 3.97. The first-order valence-electron chi connectivity index (χ1n) is 5.71. The fraction of sp³-hybridized carbons (Fsp3) is 0.231. The van der Waals surface area contributed by atoms with Gasteiger partial charge in [-0.3, -0.25) is 4.68 Å². The van der Waals surface area contributed by atoms with Crippen LogP contribution in [0.4, 0.5) is 5.69 Å². The Labute approximate surface area is 105 Å². The minimum Gasteiger partial charge on any atom is -0.478 e. The lowest BCUT2D eigenvalue weighted by Gasteiger charge is -2.09. The number of rotatable bonds is 5. The van der Waals surface area contributed by atoms with E-state index in [-0.39, 0.29) is 0 Å². The molecule has 1 heterocycles. The first-order chi connectivity index (χ1) is 8.68. The third-order valence-corrected chi connectivity index (χ3v) is 2.78. The van der Waals surface area contributed by atoms with E-state index >= 15 is 0 Å². The molecule has 0 fully saturated rings. The van der Waals surface area contributed by atoms with Crippen LogP contribution in [-0.4, -0.2) is 27.4 Å². The van der Waals surface area contributed by atoms with E-state index in [9.17, 15) is 4.79 Å². The van der Waals surface area contributed by atoms with Gasteiger partial charge in [-0.25, -0.2) is 4.79 Å². The zero-order valence-electron chi connectivity index (χ0n) is 10.1. The van der Waals surface area contributed by atoms with Crippen LogP contribution in [0.5, 0.6) is 0 Å². The second-order valence-corrected chi connectivity index (χ2v) is 3.97. The minimum atomic E-state index is -0.918. The van der Waals surface area contributed by atoms with Gasteiger partial charge in [-0.15, -0.1) is 0 Å². The quantitative estimate of drug-likeness (QED) is 0.842. The maximum absolute atomic E-state index is 11.0. The standard InChI is InChI=1S/C13H15N3O2/c1-16-10(7-9-15-16)6-8-14-12-5-3-2-4-11(12)13(17)18/h2-5,7,9,14H,6,8H2,1H3,(H,17,18). The molecule has 0 amide bonds. The number of carbonyl (C=O) groups is 1. The first-order valence-corrected chi connectivity index (χ1v) is 5.71. The van der Waals surface area contributed by atoms with Crippen molar-refractivity contribution in [1.82, 2.24) is 9.78 Å². The Morgan fingerprint density at radius 1 is 1.39 bits per heavy atom. The summed E-state index contributed by atoms with van der Waals surface area (Å²) in [6, 6.07) is 8.85. The third-order valence-electron chi connectivity index (χ3n) is 2.78. The summed E-state index contributed by atoms with van der Waals surface area (Å²) >= 11 is 0. The van der Waals surface area contributed by atoms with Crippen LogP contribution >= 0.6 is 0 Å². The van der Waals surface area contributed by atoms with Gasteiger partial charge in [0.1, 0.15) is 0 Å². The molecule has 5 nitrogen and oxygen atoms in total. The number of anilines is 1. The molecule has 0 radical (unpaired) electrons. The highest BCUT2D eigenvalue weighted by Crippen LogP contribution is 2.14. The maximum atomic E-state index is 11.0. The van der Waals surface area contributed by atoms with E-state index in [2.05, 4.69) is 10.4 Å². The summed E-state index contributed by atoms with van der Waals surface area (Å²) in [5.74, 6) is -0.918. The normalized spacial score (nSPS) is 10.3. The van der Waals surface area contributed by atoms with Crippen molar-refractivity contribution in [2.45, 2.75) is 6.42 Å². The van der Waals surface area contributed by atoms with Crippen LogP contribution in [0.1, 0.15) is 16.1 Å². The molecular formula is C13H15N3O2. The SMILES string of the molecule is Cn1nccc1CCNc1ccccc1C(=O)O. The van der Waals surface area contributed by atoms with Crippen molar-refractivity contribution in [3.8, 4) is 0 Å². The third kappa shape index (κ3) is 2.68. The number of para-hydroxylation sites is 1. The predicted octanol–water partition coefficient (Wildman–Crippen LogP) is 1.77. The van der Waals surface area contributed by atoms with Gasteiger partial charge in [0.2, 0.25) is 0 Å². The van der Waals surface area contributed by atoms with Crippen LogP contribution in [0, 0.1) is 0 Å². The number of hydrogen-bond donors (Lipinski definition) is 2. The lowest BCUT2D eigenvalue weighted by molar-refractivity contribution is 0.0698. The van der Waals surface area contributed by atoms with Gasteiger partial charge in [0.15, 0.2) is 0 Å². The van der Waals surface area contributed by atoms with Crippen molar-refractivity contribution in [3.05, 3.63) is 47.8 Å². The highest BCUT2D eigenvalue weighted by molar-refractivity contribution is 5.94. The van der Waals surface area contributed by atoms with E-state index in [0.717, 1.165) is 12.1 Å². The number of aromatic nitrogens is 2. The van der Waals surface area contributed by atoms with Crippen molar-refractivity contribution in [2.24, 2.45) is 7.05 Å². The smallest absolute Gasteiger partial charge is 0.337 e. The molecule has 0 saturated carbocycles. The van der Waals surface area contributed by atoms with Crippen LogP contribution in [0.15, 0.2) is 36.5 Å². The number of benzene rings is 1. The number of nitrogens with zero attached hydrogens (tertiary/aromatic N) is 2. The Bertz CT molecular complexity index is 549. The highest BCUT2D eigenvalue weighted by Gasteiger charge is 2.08. The Morgan fingerprint density at radius 2 is 2.17 bits per heavy atom. The van der Waals surface area contributed by atoms with E-state index in [1.54, 1.807) is 24.4 Å². The molecule has 1 aromatic carbocycles. The number of nitrogens with one attached hydrogen (secondary N) is 1. The molecule has 0 unspecified atom stereocenters. The summed E-state index contributed by atoms with van der Waals surface area (Å²) in [5.41, 5.74) is 2.05. The first kappa shape index (κ1) is 12.2. The van der Waals surface area contributed by atoms with Crippen molar-refractivity contribution in [1.29, 1.82) is 0 Å². The summed E-state index contributed by atoms with van der Waals surface area (Å²) in [4.78, 5) is 11.0. The monoisotopic (exact) mass is 245 g/mol. The fourth-order valence-electron chi connectivity index (χ4n) is 1.80. The Morgan fingerprint density at radius 3 is 2.83 bits per heavy atom. The van der Waals surface area contributed by atoms with Crippen molar-refractivity contribution < 1.29 is 9.90 Å². The Kier molecular flexibility index (Phi) is 3.62. The summed E-state index contributed by atoms with van der Waals surface area (Å²) in [6.07, 6.45) is 2.55. The summed E-state index contributed by atoms with van der Waals surface area (Å²) in [7, 11) is 1.89. The second kappa shape index (κ2) is 5.35. The molecule has 0 atom stereocenters. The van der Waals surface area contributed by atoms with Gasteiger partial charge in [0.25, 0.3) is 0 Å². The lowest BCUT2D eigenvalue weighted by Crippen LogP contribution is -2.11. The lowest BCUT2D eigenvalue weighted by atomic mass is 10.1. The van der Waals surface area contributed by atoms with Crippen LogP contribution in [0.3, 0.4) is 0 Å². The maximum Gasteiger partial charge on any atom is 0.337 e. The molecule has 0 bridgehead atoms. The van der Waals surface area contributed by atoms with Gasteiger partial charge in [-0.05, 0) is 18.2 Å². The minimum absolute atomic E-state index is 0.294. The zero-order chi connectivity index (χ0) is 13.0.